The Balaban J connectivity index is 1.67. The van der Waals surface area contributed by atoms with E-state index in [1.165, 1.54) is 11.3 Å². The van der Waals surface area contributed by atoms with Crippen LogP contribution >= 0.6 is 11.3 Å². The van der Waals surface area contributed by atoms with Gasteiger partial charge in [-0.3, -0.25) is 0 Å². The third kappa shape index (κ3) is 5.26. The number of thiazole rings is 1. The molecule has 0 N–H and O–H groups in total. The smallest absolute Gasteiger partial charge is 0.209 e. The van der Waals surface area contributed by atoms with Crippen molar-refractivity contribution in [1.82, 2.24) is 4.98 Å². The molecule has 0 saturated carbocycles. The first-order valence-electron chi connectivity index (χ1n) is 8.94. The van der Waals surface area contributed by atoms with Crippen molar-refractivity contribution in [3.8, 4) is 23.4 Å². The Morgan fingerprint density at radius 1 is 0.964 bits per heavy atom. The first kappa shape index (κ1) is 19.3. The average molecular weight is 385 g/mol. The van der Waals surface area contributed by atoms with Gasteiger partial charge >= 0.3 is 0 Å². The van der Waals surface area contributed by atoms with Crippen molar-refractivity contribution < 1.29 is 0 Å². The second kappa shape index (κ2) is 10.0. The molecule has 0 radical (unpaired) electrons. The van der Waals surface area contributed by atoms with Gasteiger partial charge in [0.25, 0.3) is 0 Å². The highest BCUT2D eigenvalue weighted by molar-refractivity contribution is 7.13. The lowest BCUT2D eigenvalue weighted by molar-refractivity contribution is 0.796. The Hall–Kier alpha value is -3.48. The van der Waals surface area contributed by atoms with Gasteiger partial charge in [0, 0.05) is 35.9 Å². The predicted octanol–water partition coefficient (Wildman–Crippen LogP) is 5.19. The SMILES string of the molecule is N#CCCN(CCC#N)c1ccc(/C=N\c2nc(-c3ccccc3)cs2)cc1. The number of anilines is 1. The number of hydrogen-bond acceptors (Lipinski definition) is 6. The van der Waals surface area contributed by atoms with Gasteiger partial charge in [0.2, 0.25) is 5.13 Å². The topological polar surface area (TPSA) is 76.1 Å². The van der Waals surface area contributed by atoms with Crippen LogP contribution in [0.3, 0.4) is 0 Å². The summed E-state index contributed by atoms with van der Waals surface area (Å²) in [5.41, 5.74) is 3.99. The van der Waals surface area contributed by atoms with Crippen molar-refractivity contribution in [2.24, 2.45) is 4.99 Å². The summed E-state index contributed by atoms with van der Waals surface area (Å²) in [6, 6.07) is 22.3. The van der Waals surface area contributed by atoms with E-state index in [1.807, 2.05) is 60.0 Å². The van der Waals surface area contributed by atoms with Gasteiger partial charge in [0.15, 0.2) is 0 Å². The first-order chi connectivity index (χ1) is 13.8. The third-order valence-corrected chi connectivity index (χ3v) is 4.88. The molecule has 0 spiro atoms. The van der Waals surface area contributed by atoms with E-state index in [0.29, 0.717) is 31.1 Å². The Bertz CT molecular complexity index is 976. The van der Waals surface area contributed by atoms with Crippen LogP contribution in [0.25, 0.3) is 11.3 Å². The molecule has 138 valence electrons. The van der Waals surface area contributed by atoms with Gasteiger partial charge in [0.1, 0.15) is 0 Å². The van der Waals surface area contributed by atoms with Crippen LogP contribution in [-0.4, -0.2) is 24.3 Å². The monoisotopic (exact) mass is 385 g/mol. The number of nitriles is 2. The van der Waals surface area contributed by atoms with Crippen molar-refractivity contribution in [1.29, 1.82) is 10.5 Å². The molecule has 0 atom stereocenters. The van der Waals surface area contributed by atoms with Crippen molar-refractivity contribution in [3.05, 3.63) is 65.5 Å². The van der Waals surface area contributed by atoms with Crippen LogP contribution < -0.4 is 4.90 Å². The molecule has 0 aliphatic rings. The van der Waals surface area contributed by atoms with Crippen molar-refractivity contribution in [2.45, 2.75) is 12.8 Å². The van der Waals surface area contributed by atoms with Crippen molar-refractivity contribution >= 4 is 28.4 Å². The fourth-order valence-corrected chi connectivity index (χ4v) is 3.38. The second-order valence-electron chi connectivity index (χ2n) is 6.03. The molecule has 5 nitrogen and oxygen atoms in total. The maximum absolute atomic E-state index is 8.82. The van der Waals surface area contributed by atoms with E-state index < -0.39 is 0 Å². The van der Waals surface area contributed by atoms with Crippen LogP contribution in [0.2, 0.25) is 0 Å². The zero-order chi connectivity index (χ0) is 19.6. The molecule has 3 aromatic rings. The van der Waals surface area contributed by atoms with E-state index in [2.05, 4.69) is 27.0 Å². The van der Waals surface area contributed by atoms with Crippen LogP contribution in [0.15, 0.2) is 65.0 Å². The summed E-state index contributed by atoms with van der Waals surface area (Å²) < 4.78 is 0. The number of hydrogen-bond donors (Lipinski definition) is 0. The van der Waals surface area contributed by atoms with Gasteiger partial charge in [-0.05, 0) is 17.7 Å². The summed E-state index contributed by atoms with van der Waals surface area (Å²) in [4.78, 5) is 11.1. The summed E-state index contributed by atoms with van der Waals surface area (Å²) in [7, 11) is 0. The molecule has 0 aliphatic carbocycles. The normalized spacial score (nSPS) is 10.5. The van der Waals surface area contributed by atoms with E-state index in [4.69, 9.17) is 10.5 Å². The standard InChI is InChI=1S/C22H19N5S/c23-12-4-14-27(15-5-13-24)20-10-8-18(9-11-20)16-25-22-26-21(17-28-22)19-6-2-1-3-7-19/h1-3,6-11,16-17H,4-5,14-15H2/b25-16-. The van der Waals surface area contributed by atoms with E-state index >= 15 is 0 Å². The summed E-state index contributed by atoms with van der Waals surface area (Å²) in [6.07, 6.45) is 2.66. The zero-order valence-electron chi connectivity index (χ0n) is 15.3. The second-order valence-corrected chi connectivity index (χ2v) is 6.87. The van der Waals surface area contributed by atoms with Crippen LogP contribution in [-0.2, 0) is 0 Å². The van der Waals surface area contributed by atoms with Gasteiger partial charge in [-0.15, -0.1) is 11.3 Å². The first-order valence-corrected chi connectivity index (χ1v) is 9.82. The summed E-state index contributed by atoms with van der Waals surface area (Å²) >= 11 is 1.51. The minimum absolute atomic E-state index is 0.433. The van der Waals surface area contributed by atoms with Crippen LogP contribution in [0.4, 0.5) is 10.8 Å². The van der Waals surface area contributed by atoms with Gasteiger partial charge in [-0.2, -0.15) is 10.5 Å². The number of benzene rings is 2. The quantitative estimate of drug-likeness (QED) is 0.500. The number of aliphatic imine (C=N–C) groups is 1. The molecule has 2 aromatic carbocycles. The predicted molar refractivity (Wildman–Crippen MR) is 114 cm³/mol. The highest BCUT2D eigenvalue weighted by Gasteiger charge is 2.06. The fourth-order valence-electron chi connectivity index (χ4n) is 2.71. The van der Waals surface area contributed by atoms with E-state index in [-0.39, 0.29) is 0 Å². The number of aromatic nitrogens is 1. The Morgan fingerprint density at radius 2 is 1.64 bits per heavy atom. The van der Waals surface area contributed by atoms with Crippen LogP contribution in [0.1, 0.15) is 18.4 Å². The van der Waals surface area contributed by atoms with Crippen molar-refractivity contribution in [3.63, 3.8) is 0 Å². The molecule has 1 heterocycles. The van der Waals surface area contributed by atoms with Gasteiger partial charge in [0.05, 0.1) is 30.7 Å². The van der Waals surface area contributed by atoms with E-state index in [1.54, 1.807) is 6.21 Å². The number of nitrogens with zero attached hydrogens (tertiary/aromatic N) is 5. The molecule has 3 rings (SSSR count). The third-order valence-electron chi connectivity index (χ3n) is 4.13. The Kier molecular flexibility index (Phi) is 6.89. The lowest BCUT2D eigenvalue weighted by Crippen LogP contribution is -2.25. The minimum Gasteiger partial charge on any atom is -0.369 e. The summed E-state index contributed by atoms with van der Waals surface area (Å²) in [5, 5.41) is 20.4. The largest absolute Gasteiger partial charge is 0.369 e. The van der Waals surface area contributed by atoms with Gasteiger partial charge < -0.3 is 4.90 Å². The zero-order valence-corrected chi connectivity index (χ0v) is 16.1. The highest BCUT2D eigenvalue weighted by Crippen LogP contribution is 2.26. The molecule has 0 fully saturated rings. The molecular weight excluding hydrogens is 366 g/mol. The maximum Gasteiger partial charge on any atom is 0.209 e. The maximum atomic E-state index is 8.82. The minimum atomic E-state index is 0.433. The molecular formula is C22H19N5S. The summed E-state index contributed by atoms with van der Waals surface area (Å²) in [5.74, 6) is 0. The molecule has 0 amide bonds. The van der Waals surface area contributed by atoms with E-state index in [0.717, 1.165) is 22.5 Å². The Labute approximate surface area is 168 Å². The molecule has 0 saturated heterocycles. The average Bonchev–Trinajstić information content (AvgIpc) is 3.23. The molecule has 0 bridgehead atoms. The highest BCUT2D eigenvalue weighted by atomic mass is 32.1. The molecule has 0 aliphatic heterocycles. The molecule has 28 heavy (non-hydrogen) atoms. The number of rotatable bonds is 8. The summed E-state index contributed by atoms with van der Waals surface area (Å²) in [6.45, 7) is 1.24. The molecule has 1 aromatic heterocycles. The molecule has 6 heteroatoms. The van der Waals surface area contributed by atoms with Crippen LogP contribution in [0, 0.1) is 22.7 Å². The van der Waals surface area contributed by atoms with Gasteiger partial charge in [-0.1, -0.05) is 42.5 Å². The lowest BCUT2D eigenvalue weighted by atomic mass is 10.2. The van der Waals surface area contributed by atoms with E-state index in [9.17, 15) is 0 Å². The lowest BCUT2D eigenvalue weighted by Gasteiger charge is -2.22. The van der Waals surface area contributed by atoms with Gasteiger partial charge in [-0.25, -0.2) is 9.98 Å². The molecule has 0 unspecified atom stereocenters. The fraction of sp³-hybridized carbons (Fsp3) is 0.182. The van der Waals surface area contributed by atoms with Crippen LogP contribution in [0.5, 0.6) is 0 Å². The Morgan fingerprint density at radius 3 is 2.29 bits per heavy atom. The van der Waals surface area contributed by atoms with Crippen molar-refractivity contribution in [2.75, 3.05) is 18.0 Å².